The first-order valence-corrected chi connectivity index (χ1v) is 8.10. The molecule has 0 spiro atoms. The fourth-order valence-electron chi connectivity index (χ4n) is 2.61. The molecule has 1 N–H and O–H groups in total. The number of benzene rings is 1. The van der Waals surface area contributed by atoms with E-state index in [1.807, 2.05) is 4.90 Å². The third-order valence-electron chi connectivity index (χ3n) is 3.78. The van der Waals surface area contributed by atoms with Crippen molar-refractivity contribution in [3.05, 3.63) is 33.3 Å². The molecule has 2 rings (SSSR count). The third-order valence-corrected chi connectivity index (χ3v) is 4.45. The van der Waals surface area contributed by atoms with Crippen LogP contribution in [0.3, 0.4) is 0 Å². The normalized spacial score (nSPS) is 16.0. The molecule has 0 aromatic heterocycles. The number of carboxylic acids is 1. The van der Waals surface area contributed by atoms with Crippen LogP contribution in [0.1, 0.15) is 36.0 Å². The third kappa shape index (κ3) is 4.71. The number of piperidine rings is 1. The highest BCUT2D eigenvalue weighted by Gasteiger charge is 2.24. The summed E-state index contributed by atoms with van der Waals surface area (Å²) in [5.41, 5.74) is 0.582. The van der Waals surface area contributed by atoms with E-state index in [1.54, 1.807) is 18.2 Å². The highest BCUT2D eigenvalue weighted by molar-refractivity contribution is 9.10. The quantitative estimate of drug-likeness (QED) is 0.871. The van der Waals surface area contributed by atoms with Crippen LogP contribution in [0.25, 0.3) is 0 Å². The maximum Gasteiger partial charge on any atom is 0.303 e. The molecule has 0 unspecified atom stereocenters. The van der Waals surface area contributed by atoms with Crippen LogP contribution < -0.4 is 0 Å². The van der Waals surface area contributed by atoms with Crippen LogP contribution in [-0.2, 0) is 4.79 Å². The molecule has 6 heteroatoms. The van der Waals surface area contributed by atoms with Gasteiger partial charge < -0.3 is 10.0 Å². The van der Waals surface area contributed by atoms with Crippen molar-refractivity contribution >= 4 is 39.4 Å². The number of aliphatic carboxylic acids is 1. The van der Waals surface area contributed by atoms with Crippen molar-refractivity contribution in [1.82, 2.24) is 4.90 Å². The number of carbonyl (C=O) groups is 2. The van der Waals surface area contributed by atoms with Gasteiger partial charge in [0.1, 0.15) is 0 Å². The molecule has 1 saturated heterocycles. The first-order chi connectivity index (χ1) is 9.95. The van der Waals surface area contributed by atoms with E-state index >= 15 is 0 Å². The van der Waals surface area contributed by atoms with E-state index in [0.717, 1.165) is 17.3 Å². The number of amides is 1. The van der Waals surface area contributed by atoms with Crippen molar-refractivity contribution in [1.29, 1.82) is 0 Å². The Kier molecular flexibility index (Phi) is 5.65. The van der Waals surface area contributed by atoms with Crippen molar-refractivity contribution in [3.63, 3.8) is 0 Å². The Labute approximate surface area is 137 Å². The summed E-state index contributed by atoms with van der Waals surface area (Å²) in [4.78, 5) is 24.8. The largest absolute Gasteiger partial charge is 0.481 e. The molecule has 0 saturated carbocycles. The minimum atomic E-state index is -0.753. The zero-order valence-corrected chi connectivity index (χ0v) is 13.9. The maximum absolute atomic E-state index is 12.4. The lowest BCUT2D eigenvalue weighted by Gasteiger charge is -2.32. The number of nitrogens with zero attached hydrogens (tertiary/aromatic N) is 1. The minimum absolute atomic E-state index is 0.0186. The van der Waals surface area contributed by atoms with E-state index in [9.17, 15) is 9.59 Å². The number of halogens is 2. The van der Waals surface area contributed by atoms with E-state index in [4.69, 9.17) is 16.7 Å². The number of carboxylic acid groups (broad SMARTS) is 1. The Bertz CT molecular complexity index is 521. The van der Waals surface area contributed by atoms with Crippen molar-refractivity contribution in [3.8, 4) is 0 Å². The van der Waals surface area contributed by atoms with Crippen molar-refractivity contribution in [2.45, 2.75) is 25.7 Å². The molecular formula is C15H17BrClNO3. The first kappa shape index (κ1) is 16.3. The number of hydrogen-bond donors (Lipinski definition) is 1. The van der Waals surface area contributed by atoms with Crippen LogP contribution in [0.15, 0.2) is 22.7 Å². The zero-order chi connectivity index (χ0) is 15.4. The fourth-order valence-corrected chi connectivity index (χ4v) is 3.47. The molecule has 1 heterocycles. The molecule has 114 valence electrons. The number of rotatable bonds is 4. The second-order valence-corrected chi connectivity index (χ2v) is 6.68. The molecule has 1 aromatic rings. The Balaban J connectivity index is 1.92. The van der Waals surface area contributed by atoms with Crippen molar-refractivity contribution < 1.29 is 14.7 Å². The minimum Gasteiger partial charge on any atom is -0.481 e. The zero-order valence-electron chi connectivity index (χ0n) is 11.5. The van der Waals surface area contributed by atoms with Gasteiger partial charge in [-0.15, -0.1) is 0 Å². The average molecular weight is 375 g/mol. The molecule has 21 heavy (non-hydrogen) atoms. The van der Waals surface area contributed by atoms with Gasteiger partial charge in [-0.3, -0.25) is 9.59 Å². The highest BCUT2D eigenvalue weighted by atomic mass is 79.9. The molecule has 1 aromatic carbocycles. The lowest BCUT2D eigenvalue weighted by molar-refractivity contribution is -0.137. The summed E-state index contributed by atoms with van der Waals surface area (Å²) in [6.07, 6.45) is 2.63. The summed E-state index contributed by atoms with van der Waals surface area (Å²) in [7, 11) is 0. The van der Waals surface area contributed by atoms with Gasteiger partial charge in [0.15, 0.2) is 0 Å². The maximum atomic E-state index is 12.4. The van der Waals surface area contributed by atoms with Gasteiger partial charge >= 0.3 is 5.97 Å². The molecule has 1 aliphatic heterocycles. The van der Waals surface area contributed by atoms with Crippen LogP contribution >= 0.6 is 27.5 Å². The Morgan fingerprint density at radius 3 is 2.52 bits per heavy atom. The van der Waals surface area contributed by atoms with Gasteiger partial charge in [-0.2, -0.15) is 0 Å². The Hall–Kier alpha value is -1.07. The van der Waals surface area contributed by atoms with Crippen LogP contribution in [-0.4, -0.2) is 35.0 Å². The fraction of sp³-hybridized carbons (Fsp3) is 0.467. The predicted octanol–water partition coefficient (Wildman–Crippen LogP) is 3.82. The molecular weight excluding hydrogens is 358 g/mol. The number of hydrogen-bond acceptors (Lipinski definition) is 2. The summed E-state index contributed by atoms with van der Waals surface area (Å²) in [6.45, 7) is 1.35. The number of carbonyl (C=O) groups excluding carboxylic acids is 1. The van der Waals surface area contributed by atoms with Crippen molar-refractivity contribution in [2.24, 2.45) is 5.92 Å². The molecule has 0 aliphatic carbocycles. The standard InChI is InChI=1S/C15H17BrClNO3/c16-12-7-11(8-13(17)9-12)15(21)18-5-3-10(4-6-18)1-2-14(19)20/h7-10H,1-6H2,(H,19,20). The molecule has 1 amide bonds. The average Bonchev–Trinajstić information content (AvgIpc) is 2.44. The molecule has 1 fully saturated rings. The highest BCUT2D eigenvalue weighted by Crippen LogP contribution is 2.25. The molecule has 0 bridgehead atoms. The van der Waals surface area contributed by atoms with Gasteiger partial charge in [-0.1, -0.05) is 27.5 Å². The SMILES string of the molecule is O=C(O)CCC1CCN(C(=O)c2cc(Cl)cc(Br)c2)CC1. The van der Waals surface area contributed by atoms with Gasteiger partial charge in [0.2, 0.25) is 0 Å². The molecule has 4 nitrogen and oxygen atoms in total. The summed E-state index contributed by atoms with van der Waals surface area (Å²) < 4.78 is 0.787. The summed E-state index contributed by atoms with van der Waals surface area (Å²) in [5, 5.41) is 9.24. The van der Waals surface area contributed by atoms with Crippen LogP contribution in [0.4, 0.5) is 0 Å². The van der Waals surface area contributed by atoms with Crippen LogP contribution in [0.5, 0.6) is 0 Å². The monoisotopic (exact) mass is 373 g/mol. The lowest BCUT2D eigenvalue weighted by atomic mass is 9.92. The summed E-state index contributed by atoms with van der Waals surface area (Å²) >= 11 is 9.31. The van der Waals surface area contributed by atoms with E-state index in [1.165, 1.54) is 0 Å². The number of likely N-dealkylation sites (tertiary alicyclic amines) is 1. The van der Waals surface area contributed by atoms with Gasteiger partial charge in [-0.25, -0.2) is 0 Å². The Morgan fingerprint density at radius 1 is 1.29 bits per heavy atom. The van der Waals surface area contributed by atoms with E-state index < -0.39 is 5.97 Å². The first-order valence-electron chi connectivity index (χ1n) is 6.93. The smallest absolute Gasteiger partial charge is 0.303 e. The van der Waals surface area contributed by atoms with Crippen LogP contribution in [0, 0.1) is 5.92 Å². The Morgan fingerprint density at radius 2 is 1.95 bits per heavy atom. The van der Waals surface area contributed by atoms with Gasteiger partial charge in [0, 0.05) is 34.6 Å². The van der Waals surface area contributed by atoms with Crippen molar-refractivity contribution in [2.75, 3.05) is 13.1 Å². The second kappa shape index (κ2) is 7.27. The molecule has 0 radical (unpaired) electrons. The van der Waals surface area contributed by atoms with E-state index in [2.05, 4.69) is 15.9 Å². The summed E-state index contributed by atoms with van der Waals surface area (Å²) in [5.74, 6) is -0.372. The summed E-state index contributed by atoms with van der Waals surface area (Å²) in [6, 6.07) is 5.19. The molecule has 1 aliphatic rings. The van der Waals surface area contributed by atoms with E-state index in [-0.39, 0.29) is 12.3 Å². The van der Waals surface area contributed by atoms with Gasteiger partial charge in [0.05, 0.1) is 0 Å². The second-order valence-electron chi connectivity index (χ2n) is 5.33. The topological polar surface area (TPSA) is 57.6 Å². The lowest BCUT2D eigenvalue weighted by Crippen LogP contribution is -2.38. The van der Waals surface area contributed by atoms with Crippen LogP contribution in [0.2, 0.25) is 5.02 Å². The predicted molar refractivity (Wildman–Crippen MR) is 84.6 cm³/mol. The van der Waals surface area contributed by atoms with Gasteiger partial charge in [-0.05, 0) is 43.4 Å². The molecule has 0 atom stereocenters. The van der Waals surface area contributed by atoms with E-state index in [0.29, 0.717) is 36.0 Å². The van der Waals surface area contributed by atoms with Gasteiger partial charge in [0.25, 0.3) is 5.91 Å².